The van der Waals surface area contributed by atoms with Crippen molar-refractivity contribution in [2.45, 2.75) is 29.4 Å². The van der Waals surface area contributed by atoms with Crippen LogP contribution in [0.25, 0.3) is 11.0 Å². The fourth-order valence-corrected chi connectivity index (χ4v) is 5.08. The summed E-state index contributed by atoms with van der Waals surface area (Å²) in [6, 6.07) is 15.3. The van der Waals surface area contributed by atoms with Gasteiger partial charge in [-0.2, -0.15) is 5.26 Å². The van der Waals surface area contributed by atoms with Crippen LogP contribution in [0, 0.1) is 11.3 Å². The fourth-order valence-electron chi connectivity index (χ4n) is 3.70. The molecule has 1 aliphatic rings. The smallest absolute Gasteiger partial charge is 0.200 e. The number of aromatic nitrogens is 2. The van der Waals surface area contributed by atoms with Crippen LogP contribution in [0.4, 0.5) is 5.82 Å². The lowest BCUT2D eigenvalue weighted by Gasteiger charge is -2.30. The van der Waals surface area contributed by atoms with Crippen LogP contribution in [0.3, 0.4) is 0 Å². The molecule has 154 valence electrons. The second kappa shape index (κ2) is 8.28. The van der Waals surface area contributed by atoms with Crippen LogP contribution >= 0.6 is 0 Å². The third-order valence-electron chi connectivity index (χ3n) is 5.30. The first-order chi connectivity index (χ1) is 14.5. The molecule has 1 saturated heterocycles. The minimum atomic E-state index is -4.00. The number of benzene rings is 2. The van der Waals surface area contributed by atoms with Crippen LogP contribution in [0.1, 0.15) is 30.2 Å². The molecule has 7 nitrogen and oxygen atoms in total. The normalized spacial score (nSPS) is 15.5. The van der Waals surface area contributed by atoms with Gasteiger partial charge in [0, 0.05) is 13.1 Å². The molecule has 1 fully saturated rings. The van der Waals surface area contributed by atoms with Crippen molar-refractivity contribution in [2.75, 3.05) is 25.1 Å². The van der Waals surface area contributed by atoms with Gasteiger partial charge >= 0.3 is 0 Å². The highest BCUT2D eigenvalue weighted by Crippen LogP contribution is 2.35. The summed E-state index contributed by atoms with van der Waals surface area (Å²) in [6.45, 7) is 1.53. The summed E-state index contributed by atoms with van der Waals surface area (Å²) >= 11 is 0. The first-order valence-electron chi connectivity index (χ1n) is 9.84. The summed E-state index contributed by atoms with van der Waals surface area (Å²) in [4.78, 5) is 11.4. The molecule has 0 spiro atoms. The molecule has 0 radical (unpaired) electrons. The van der Waals surface area contributed by atoms with E-state index in [1.807, 2.05) is 29.2 Å². The van der Waals surface area contributed by atoms with Gasteiger partial charge in [-0.3, -0.25) is 0 Å². The Hall–Kier alpha value is -3.18. The summed E-state index contributed by atoms with van der Waals surface area (Å²) in [5, 5.41) is 8.47. The van der Waals surface area contributed by atoms with Crippen molar-refractivity contribution in [3.63, 3.8) is 0 Å². The van der Waals surface area contributed by atoms with Gasteiger partial charge in [-0.05, 0) is 55.7 Å². The molecule has 8 heteroatoms. The number of fused-ring (bicyclic) bond motifs is 1. The van der Waals surface area contributed by atoms with E-state index >= 15 is 0 Å². The molecule has 0 N–H and O–H groups in total. The van der Waals surface area contributed by atoms with Gasteiger partial charge in [-0.1, -0.05) is 12.1 Å². The quantitative estimate of drug-likeness (QED) is 0.619. The fraction of sp³-hybridized carbons (Fsp3) is 0.318. The molecule has 3 aromatic rings. The van der Waals surface area contributed by atoms with Gasteiger partial charge in [0.2, 0.25) is 9.84 Å². The number of hydrogen-bond acceptors (Lipinski definition) is 7. The molecule has 0 bridgehead atoms. The predicted molar refractivity (Wildman–Crippen MR) is 114 cm³/mol. The number of ether oxygens (including phenoxy) is 1. The van der Waals surface area contributed by atoms with Crippen LogP contribution < -0.4 is 9.64 Å². The Labute approximate surface area is 175 Å². The summed E-state index contributed by atoms with van der Waals surface area (Å²) < 4.78 is 31.9. The summed E-state index contributed by atoms with van der Waals surface area (Å²) in [5.74, 6) is 1.03. The molecule has 0 aliphatic carbocycles. The standard InChI is InChI=1S/C22H22N4O3S/c1-29-16-9-11-17(12-10-16)30(27,28)20(15-23)21-22(26-13-5-2-6-14-26)25-19-8-4-3-7-18(19)24-21/h3-4,7-12,20H,2,5-6,13-14H2,1H3/t20-/m0/s1. The number of nitriles is 1. The number of piperidine rings is 1. The third kappa shape index (κ3) is 3.68. The maximum absolute atomic E-state index is 13.4. The zero-order chi connectivity index (χ0) is 21.1. The van der Waals surface area contributed by atoms with E-state index in [2.05, 4.69) is 4.98 Å². The Morgan fingerprint density at radius 1 is 1.00 bits per heavy atom. The molecule has 30 heavy (non-hydrogen) atoms. The zero-order valence-corrected chi connectivity index (χ0v) is 17.5. The van der Waals surface area contributed by atoms with E-state index in [-0.39, 0.29) is 10.6 Å². The van der Waals surface area contributed by atoms with Gasteiger partial charge in [0.05, 0.1) is 29.1 Å². The maximum Gasteiger partial charge on any atom is 0.200 e. The van der Waals surface area contributed by atoms with Gasteiger partial charge in [-0.15, -0.1) is 0 Å². The van der Waals surface area contributed by atoms with Crippen molar-refractivity contribution < 1.29 is 13.2 Å². The van der Waals surface area contributed by atoms with Crippen LogP contribution in [0.15, 0.2) is 53.4 Å². The monoisotopic (exact) mass is 422 g/mol. The summed E-state index contributed by atoms with van der Waals surface area (Å²) in [7, 11) is -2.49. The van der Waals surface area contributed by atoms with Crippen molar-refractivity contribution >= 4 is 26.7 Å². The van der Waals surface area contributed by atoms with Crippen molar-refractivity contribution in [3.05, 3.63) is 54.2 Å². The zero-order valence-electron chi connectivity index (χ0n) is 16.7. The van der Waals surface area contributed by atoms with Crippen molar-refractivity contribution in [2.24, 2.45) is 0 Å². The molecule has 2 aromatic carbocycles. The highest BCUT2D eigenvalue weighted by molar-refractivity contribution is 7.92. The number of rotatable bonds is 5. The van der Waals surface area contributed by atoms with Gasteiger partial charge in [0.1, 0.15) is 11.4 Å². The number of anilines is 1. The Morgan fingerprint density at radius 3 is 2.23 bits per heavy atom. The molecule has 0 saturated carbocycles. The van der Waals surface area contributed by atoms with E-state index in [4.69, 9.17) is 9.72 Å². The molecular weight excluding hydrogens is 400 g/mol. The lowest BCUT2D eigenvalue weighted by molar-refractivity contribution is 0.414. The van der Waals surface area contributed by atoms with Crippen LogP contribution in [-0.4, -0.2) is 38.6 Å². The SMILES string of the molecule is COc1ccc(S(=O)(=O)[C@@H](C#N)c2nc3ccccc3nc2N2CCCCC2)cc1. The minimum absolute atomic E-state index is 0.0504. The Bertz CT molecular complexity index is 1200. The van der Waals surface area contributed by atoms with E-state index in [1.54, 1.807) is 18.2 Å². The summed E-state index contributed by atoms with van der Waals surface area (Å²) in [5.41, 5.74) is 1.44. The number of methoxy groups -OCH3 is 1. The predicted octanol–water partition coefficient (Wildman–Crippen LogP) is 3.67. The van der Waals surface area contributed by atoms with E-state index < -0.39 is 15.1 Å². The topological polar surface area (TPSA) is 96.2 Å². The summed E-state index contributed by atoms with van der Waals surface area (Å²) in [6.07, 6.45) is 3.12. The largest absolute Gasteiger partial charge is 0.497 e. The second-order valence-electron chi connectivity index (χ2n) is 7.20. The Balaban J connectivity index is 1.86. The maximum atomic E-state index is 13.4. The van der Waals surface area contributed by atoms with E-state index in [0.29, 0.717) is 22.6 Å². The van der Waals surface area contributed by atoms with Gasteiger partial charge in [-0.25, -0.2) is 18.4 Å². The molecule has 1 atom stereocenters. The molecule has 0 unspecified atom stereocenters. The minimum Gasteiger partial charge on any atom is -0.497 e. The van der Waals surface area contributed by atoms with E-state index in [0.717, 1.165) is 32.4 Å². The van der Waals surface area contributed by atoms with Crippen LogP contribution in [0.5, 0.6) is 5.75 Å². The van der Waals surface area contributed by atoms with Crippen molar-refractivity contribution in [1.82, 2.24) is 9.97 Å². The number of hydrogen-bond donors (Lipinski definition) is 0. The number of para-hydroxylation sites is 2. The van der Waals surface area contributed by atoms with E-state index in [9.17, 15) is 13.7 Å². The first-order valence-corrected chi connectivity index (χ1v) is 11.4. The first kappa shape index (κ1) is 20.1. The molecule has 4 rings (SSSR count). The van der Waals surface area contributed by atoms with Crippen LogP contribution in [0.2, 0.25) is 0 Å². The average Bonchev–Trinajstić information content (AvgIpc) is 2.79. The Morgan fingerprint density at radius 2 is 1.63 bits per heavy atom. The molecule has 0 amide bonds. The number of nitrogens with zero attached hydrogens (tertiary/aromatic N) is 4. The lowest BCUT2D eigenvalue weighted by Crippen LogP contribution is -2.32. The van der Waals surface area contributed by atoms with Crippen molar-refractivity contribution in [1.29, 1.82) is 5.26 Å². The highest BCUT2D eigenvalue weighted by atomic mass is 32.2. The van der Waals surface area contributed by atoms with Crippen LogP contribution in [-0.2, 0) is 9.84 Å². The molecule has 1 aromatic heterocycles. The van der Waals surface area contributed by atoms with Crippen molar-refractivity contribution in [3.8, 4) is 11.8 Å². The second-order valence-corrected chi connectivity index (χ2v) is 9.23. The molecular formula is C22H22N4O3S. The molecule has 1 aliphatic heterocycles. The van der Waals surface area contributed by atoms with E-state index in [1.165, 1.54) is 19.2 Å². The molecule has 2 heterocycles. The Kier molecular flexibility index (Phi) is 5.55. The third-order valence-corrected chi connectivity index (χ3v) is 7.18. The average molecular weight is 423 g/mol. The lowest BCUT2D eigenvalue weighted by atomic mass is 10.1. The van der Waals surface area contributed by atoms with Gasteiger partial charge < -0.3 is 9.64 Å². The van der Waals surface area contributed by atoms with Gasteiger partial charge in [0.15, 0.2) is 11.1 Å². The van der Waals surface area contributed by atoms with Gasteiger partial charge in [0.25, 0.3) is 0 Å². The highest BCUT2D eigenvalue weighted by Gasteiger charge is 2.35. The number of sulfone groups is 1.